The van der Waals surface area contributed by atoms with Crippen LogP contribution < -0.4 is 10.0 Å². The highest BCUT2D eigenvalue weighted by atomic mass is 32.2. The second-order valence-corrected chi connectivity index (χ2v) is 7.72. The van der Waals surface area contributed by atoms with E-state index in [-0.39, 0.29) is 5.78 Å². The monoisotopic (exact) mass is 382 g/mol. The fourth-order valence-corrected chi connectivity index (χ4v) is 2.98. The maximum atomic E-state index is 11.3. The van der Waals surface area contributed by atoms with Crippen LogP contribution in [0.2, 0.25) is 0 Å². The van der Waals surface area contributed by atoms with Crippen LogP contribution in [0.3, 0.4) is 0 Å². The predicted octanol–water partition coefficient (Wildman–Crippen LogP) is 3.46. The fourth-order valence-electron chi connectivity index (χ4n) is 2.42. The van der Waals surface area contributed by atoms with Crippen LogP contribution in [-0.2, 0) is 10.0 Å². The van der Waals surface area contributed by atoms with Gasteiger partial charge in [0.25, 0.3) is 0 Å². The minimum atomic E-state index is -3.31. The van der Waals surface area contributed by atoms with Crippen LogP contribution in [0.15, 0.2) is 60.8 Å². The molecular formula is C19H18N4O3S. The second-order valence-electron chi connectivity index (χ2n) is 5.98. The molecule has 8 heteroatoms. The van der Waals surface area contributed by atoms with Gasteiger partial charge in [-0.2, -0.15) is 0 Å². The number of Topliss-reactive ketones (excluding diaryl/α,β-unsaturated/α-hetero) is 1. The quantitative estimate of drug-likeness (QED) is 0.633. The highest BCUT2D eigenvalue weighted by Gasteiger charge is 2.06. The molecule has 0 saturated heterocycles. The molecule has 0 spiro atoms. The van der Waals surface area contributed by atoms with Crippen LogP contribution >= 0.6 is 0 Å². The molecule has 0 aliphatic heterocycles. The number of aromatic nitrogens is 2. The number of nitrogens with one attached hydrogen (secondary N) is 2. The van der Waals surface area contributed by atoms with Gasteiger partial charge >= 0.3 is 0 Å². The van der Waals surface area contributed by atoms with E-state index in [0.29, 0.717) is 22.9 Å². The van der Waals surface area contributed by atoms with E-state index in [1.807, 2.05) is 0 Å². The zero-order chi connectivity index (χ0) is 19.4. The average Bonchev–Trinajstić information content (AvgIpc) is 2.62. The van der Waals surface area contributed by atoms with Crippen LogP contribution in [0.4, 0.5) is 17.3 Å². The van der Waals surface area contributed by atoms with Crippen molar-refractivity contribution in [2.45, 2.75) is 6.92 Å². The molecule has 0 aliphatic rings. The van der Waals surface area contributed by atoms with Gasteiger partial charge in [-0.15, -0.1) is 0 Å². The molecule has 1 heterocycles. The van der Waals surface area contributed by atoms with Crippen molar-refractivity contribution in [2.24, 2.45) is 0 Å². The van der Waals surface area contributed by atoms with E-state index < -0.39 is 10.0 Å². The van der Waals surface area contributed by atoms with E-state index in [2.05, 4.69) is 20.0 Å². The molecule has 0 fully saturated rings. The molecule has 0 aliphatic carbocycles. The minimum absolute atomic E-state index is 0.00797. The van der Waals surface area contributed by atoms with E-state index in [1.54, 1.807) is 60.8 Å². The number of hydrogen-bond donors (Lipinski definition) is 2. The Labute approximate surface area is 157 Å². The van der Waals surface area contributed by atoms with E-state index >= 15 is 0 Å². The van der Waals surface area contributed by atoms with Gasteiger partial charge in [0.2, 0.25) is 16.0 Å². The summed E-state index contributed by atoms with van der Waals surface area (Å²) in [6.07, 6.45) is 2.74. The lowest BCUT2D eigenvalue weighted by Crippen LogP contribution is -2.09. The smallest absolute Gasteiger partial charge is 0.229 e. The lowest BCUT2D eigenvalue weighted by Gasteiger charge is -2.08. The Morgan fingerprint density at radius 2 is 1.56 bits per heavy atom. The van der Waals surface area contributed by atoms with Crippen molar-refractivity contribution >= 4 is 33.1 Å². The van der Waals surface area contributed by atoms with E-state index in [0.717, 1.165) is 17.5 Å². The number of benzene rings is 2. The zero-order valence-corrected chi connectivity index (χ0v) is 15.6. The molecule has 0 unspecified atom stereocenters. The Bertz CT molecular complexity index is 1060. The Morgan fingerprint density at radius 1 is 0.926 bits per heavy atom. The summed E-state index contributed by atoms with van der Waals surface area (Å²) >= 11 is 0. The third kappa shape index (κ3) is 5.11. The number of carbonyl (C=O) groups is 1. The number of rotatable bonds is 6. The number of sulfonamides is 1. The van der Waals surface area contributed by atoms with Gasteiger partial charge in [0.15, 0.2) is 5.78 Å². The molecule has 2 N–H and O–H groups in total. The molecule has 3 rings (SSSR count). The zero-order valence-electron chi connectivity index (χ0n) is 14.8. The molecule has 138 valence electrons. The molecule has 0 bridgehead atoms. The molecule has 7 nitrogen and oxygen atoms in total. The second kappa shape index (κ2) is 7.55. The predicted molar refractivity (Wildman–Crippen MR) is 106 cm³/mol. The van der Waals surface area contributed by atoms with Crippen molar-refractivity contribution in [3.63, 3.8) is 0 Å². The number of anilines is 3. The number of carbonyl (C=O) groups excluding carboxylic acids is 1. The molecule has 1 aromatic heterocycles. The van der Waals surface area contributed by atoms with Gasteiger partial charge in [-0.05, 0) is 49.4 Å². The van der Waals surface area contributed by atoms with Gasteiger partial charge in [0, 0.05) is 28.7 Å². The molecule has 3 aromatic rings. The van der Waals surface area contributed by atoms with Crippen molar-refractivity contribution in [3.8, 4) is 11.3 Å². The van der Waals surface area contributed by atoms with Crippen LogP contribution in [-0.4, -0.2) is 30.4 Å². The maximum absolute atomic E-state index is 11.3. The summed E-state index contributed by atoms with van der Waals surface area (Å²) in [5.41, 5.74) is 3.41. The number of nitrogens with zero attached hydrogens (tertiary/aromatic N) is 2. The molecule has 0 radical (unpaired) electrons. The summed E-state index contributed by atoms with van der Waals surface area (Å²) in [5.74, 6) is 0.426. The molecule has 2 aromatic carbocycles. The van der Waals surface area contributed by atoms with Crippen molar-refractivity contribution in [1.29, 1.82) is 0 Å². The lowest BCUT2D eigenvalue weighted by atomic mass is 10.1. The van der Waals surface area contributed by atoms with Gasteiger partial charge in [0.1, 0.15) is 0 Å². The van der Waals surface area contributed by atoms with Crippen LogP contribution in [0.25, 0.3) is 11.3 Å². The highest BCUT2D eigenvalue weighted by Crippen LogP contribution is 2.22. The Hall–Kier alpha value is -3.26. The lowest BCUT2D eigenvalue weighted by molar-refractivity contribution is 0.101. The van der Waals surface area contributed by atoms with E-state index in [1.165, 1.54) is 6.92 Å². The first-order valence-electron chi connectivity index (χ1n) is 8.09. The average molecular weight is 382 g/mol. The van der Waals surface area contributed by atoms with Crippen LogP contribution in [0.1, 0.15) is 17.3 Å². The van der Waals surface area contributed by atoms with Crippen molar-refractivity contribution in [3.05, 3.63) is 66.4 Å². The van der Waals surface area contributed by atoms with Crippen molar-refractivity contribution < 1.29 is 13.2 Å². The van der Waals surface area contributed by atoms with Gasteiger partial charge < -0.3 is 5.32 Å². The molecule has 0 atom stereocenters. The molecule has 27 heavy (non-hydrogen) atoms. The Balaban J connectivity index is 1.78. The normalized spacial score (nSPS) is 11.0. The summed E-state index contributed by atoms with van der Waals surface area (Å²) in [4.78, 5) is 20.0. The standard InChI is InChI=1S/C19H18N4O3S/c1-13(24)14-3-7-16(8-4-14)21-19-20-12-11-18(22-19)15-5-9-17(10-6-15)23-27(2,25)26/h3-12,23H,1-2H3,(H,20,21,22). The van der Waals surface area contributed by atoms with Crippen LogP contribution in [0.5, 0.6) is 0 Å². The van der Waals surface area contributed by atoms with Crippen molar-refractivity contribution in [2.75, 3.05) is 16.3 Å². The van der Waals surface area contributed by atoms with E-state index in [4.69, 9.17) is 0 Å². The molecular weight excluding hydrogens is 364 g/mol. The third-order valence-corrected chi connectivity index (χ3v) is 4.29. The number of hydrogen-bond acceptors (Lipinski definition) is 6. The SMILES string of the molecule is CC(=O)c1ccc(Nc2nccc(-c3ccc(NS(C)(=O)=O)cc3)n2)cc1. The fraction of sp³-hybridized carbons (Fsp3) is 0.105. The summed E-state index contributed by atoms with van der Waals surface area (Å²) < 4.78 is 25.0. The first-order valence-corrected chi connectivity index (χ1v) is 9.99. The minimum Gasteiger partial charge on any atom is -0.324 e. The largest absolute Gasteiger partial charge is 0.324 e. The first kappa shape index (κ1) is 18.5. The van der Waals surface area contributed by atoms with Gasteiger partial charge in [-0.1, -0.05) is 12.1 Å². The van der Waals surface area contributed by atoms with E-state index in [9.17, 15) is 13.2 Å². The molecule has 0 saturated carbocycles. The third-order valence-electron chi connectivity index (χ3n) is 3.69. The topological polar surface area (TPSA) is 101 Å². The summed E-state index contributed by atoms with van der Waals surface area (Å²) in [7, 11) is -3.31. The summed E-state index contributed by atoms with van der Waals surface area (Å²) in [6, 6.07) is 15.7. The first-order chi connectivity index (χ1) is 12.8. The maximum Gasteiger partial charge on any atom is 0.229 e. The van der Waals surface area contributed by atoms with Gasteiger partial charge in [0.05, 0.1) is 11.9 Å². The summed E-state index contributed by atoms with van der Waals surface area (Å²) in [5, 5.41) is 3.10. The Morgan fingerprint density at radius 3 is 2.15 bits per heavy atom. The van der Waals surface area contributed by atoms with Gasteiger partial charge in [-0.3, -0.25) is 9.52 Å². The van der Waals surface area contributed by atoms with Crippen LogP contribution in [0, 0.1) is 0 Å². The number of ketones is 1. The Kier molecular flexibility index (Phi) is 5.18. The highest BCUT2D eigenvalue weighted by molar-refractivity contribution is 7.92. The molecule has 0 amide bonds. The summed E-state index contributed by atoms with van der Waals surface area (Å²) in [6.45, 7) is 1.52. The van der Waals surface area contributed by atoms with Crippen molar-refractivity contribution in [1.82, 2.24) is 9.97 Å². The van der Waals surface area contributed by atoms with Gasteiger partial charge in [-0.25, -0.2) is 18.4 Å².